The van der Waals surface area contributed by atoms with Crippen molar-refractivity contribution in [2.24, 2.45) is 0 Å². The highest BCUT2D eigenvalue weighted by Gasteiger charge is 2.16. The van der Waals surface area contributed by atoms with Gasteiger partial charge in [-0.25, -0.2) is 13.1 Å². The monoisotopic (exact) mass is 346 g/mol. The SMILES string of the molecule is Cc1ccc(S(=O)(=O)NCC(=O)Nc2c(C)cccc2C)cc1C. The summed E-state index contributed by atoms with van der Waals surface area (Å²) in [7, 11) is -3.72. The van der Waals surface area contributed by atoms with E-state index in [1.165, 1.54) is 6.07 Å². The molecule has 0 unspecified atom stereocenters. The second-order valence-corrected chi connectivity index (χ2v) is 7.65. The Kier molecular flexibility index (Phi) is 5.41. The number of hydrogen-bond donors (Lipinski definition) is 2. The van der Waals surface area contributed by atoms with Crippen molar-refractivity contribution in [1.82, 2.24) is 4.72 Å². The van der Waals surface area contributed by atoms with E-state index in [4.69, 9.17) is 0 Å². The van der Waals surface area contributed by atoms with Gasteiger partial charge in [0.05, 0.1) is 11.4 Å². The van der Waals surface area contributed by atoms with Gasteiger partial charge >= 0.3 is 0 Å². The summed E-state index contributed by atoms with van der Waals surface area (Å²) in [4.78, 5) is 12.2. The molecule has 0 aliphatic heterocycles. The maximum atomic E-state index is 12.3. The van der Waals surface area contributed by atoms with Crippen molar-refractivity contribution in [1.29, 1.82) is 0 Å². The standard InChI is InChI=1S/C18H22N2O3S/c1-12-8-9-16(10-15(12)4)24(22,23)19-11-17(21)20-18-13(2)6-5-7-14(18)3/h5-10,19H,11H2,1-4H3,(H,20,21). The third-order valence-electron chi connectivity index (χ3n) is 3.96. The first-order valence-corrected chi connectivity index (χ1v) is 9.12. The normalized spacial score (nSPS) is 11.3. The molecule has 0 bridgehead atoms. The molecular formula is C18H22N2O3S. The Bertz CT molecular complexity index is 854. The molecule has 0 saturated heterocycles. The van der Waals surface area contributed by atoms with E-state index in [9.17, 15) is 13.2 Å². The lowest BCUT2D eigenvalue weighted by Crippen LogP contribution is -2.33. The number of para-hydroxylation sites is 1. The lowest BCUT2D eigenvalue weighted by atomic mass is 10.1. The van der Waals surface area contributed by atoms with Crippen molar-refractivity contribution in [2.45, 2.75) is 32.6 Å². The zero-order valence-corrected chi connectivity index (χ0v) is 15.1. The molecule has 0 saturated carbocycles. The number of nitrogens with one attached hydrogen (secondary N) is 2. The first kappa shape index (κ1) is 18.2. The van der Waals surface area contributed by atoms with Crippen LogP contribution in [-0.2, 0) is 14.8 Å². The zero-order valence-electron chi connectivity index (χ0n) is 14.3. The number of sulfonamides is 1. The van der Waals surface area contributed by atoms with Crippen LogP contribution < -0.4 is 10.0 Å². The molecule has 128 valence electrons. The van der Waals surface area contributed by atoms with Gasteiger partial charge in [0.2, 0.25) is 15.9 Å². The minimum atomic E-state index is -3.72. The first-order valence-electron chi connectivity index (χ1n) is 7.63. The van der Waals surface area contributed by atoms with E-state index in [0.29, 0.717) is 5.69 Å². The quantitative estimate of drug-likeness (QED) is 0.874. The fourth-order valence-electron chi connectivity index (χ4n) is 2.32. The van der Waals surface area contributed by atoms with E-state index in [0.717, 1.165) is 22.3 Å². The molecule has 2 aromatic rings. The molecule has 0 aliphatic carbocycles. The van der Waals surface area contributed by atoms with Crippen LogP contribution >= 0.6 is 0 Å². The van der Waals surface area contributed by atoms with Gasteiger partial charge < -0.3 is 5.32 Å². The number of rotatable bonds is 5. The molecule has 0 spiro atoms. The second-order valence-electron chi connectivity index (χ2n) is 5.89. The summed E-state index contributed by atoms with van der Waals surface area (Å²) in [5, 5.41) is 2.76. The minimum Gasteiger partial charge on any atom is -0.324 e. The largest absolute Gasteiger partial charge is 0.324 e. The number of carbonyl (C=O) groups excluding carboxylic acids is 1. The highest BCUT2D eigenvalue weighted by Crippen LogP contribution is 2.19. The van der Waals surface area contributed by atoms with E-state index in [2.05, 4.69) is 10.0 Å². The van der Waals surface area contributed by atoms with Gasteiger partial charge in [-0.3, -0.25) is 4.79 Å². The van der Waals surface area contributed by atoms with Crippen LogP contribution in [-0.4, -0.2) is 20.9 Å². The first-order chi connectivity index (χ1) is 11.2. The van der Waals surface area contributed by atoms with Crippen molar-refractivity contribution in [3.05, 3.63) is 58.7 Å². The Morgan fingerprint density at radius 3 is 2.12 bits per heavy atom. The number of amides is 1. The summed E-state index contributed by atoms with van der Waals surface area (Å²) in [5.74, 6) is -0.403. The molecular weight excluding hydrogens is 324 g/mol. The third-order valence-corrected chi connectivity index (χ3v) is 5.36. The van der Waals surface area contributed by atoms with E-state index < -0.39 is 15.9 Å². The lowest BCUT2D eigenvalue weighted by Gasteiger charge is -2.12. The van der Waals surface area contributed by atoms with Gasteiger partial charge in [0.15, 0.2) is 0 Å². The molecule has 2 rings (SSSR count). The fourth-order valence-corrected chi connectivity index (χ4v) is 3.39. The highest BCUT2D eigenvalue weighted by atomic mass is 32.2. The molecule has 0 heterocycles. The molecule has 6 heteroatoms. The predicted octanol–water partition coefficient (Wildman–Crippen LogP) is 2.84. The molecule has 5 nitrogen and oxygen atoms in total. The van der Waals surface area contributed by atoms with Gasteiger partial charge in [0, 0.05) is 5.69 Å². The summed E-state index contributed by atoms with van der Waals surface area (Å²) in [6, 6.07) is 10.6. The molecule has 0 fully saturated rings. The third kappa shape index (κ3) is 4.21. The van der Waals surface area contributed by atoms with Crippen molar-refractivity contribution in [3.8, 4) is 0 Å². The molecule has 24 heavy (non-hydrogen) atoms. The Hall–Kier alpha value is -2.18. The summed E-state index contributed by atoms with van der Waals surface area (Å²) in [6.07, 6.45) is 0. The van der Waals surface area contributed by atoms with Crippen LogP contribution in [0.3, 0.4) is 0 Å². The zero-order chi connectivity index (χ0) is 17.9. The van der Waals surface area contributed by atoms with Crippen molar-refractivity contribution in [3.63, 3.8) is 0 Å². The molecule has 1 amide bonds. The van der Waals surface area contributed by atoms with Crippen molar-refractivity contribution >= 4 is 21.6 Å². The fraction of sp³-hybridized carbons (Fsp3) is 0.278. The predicted molar refractivity (Wildman–Crippen MR) is 95.7 cm³/mol. The average molecular weight is 346 g/mol. The molecule has 0 aromatic heterocycles. The molecule has 0 atom stereocenters. The number of aryl methyl sites for hydroxylation is 4. The van der Waals surface area contributed by atoms with Crippen LogP contribution in [0, 0.1) is 27.7 Å². The summed E-state index contributed by atoms with van der Waals surface area (Å²) >= 11 is 0. The average Bonchev–Trinajstić information content (AvgIpc) is 2.52. The maximum absolute atomic E-state index is 12.3. The number of benzene rings is 2. The highest BCUT2D eigenvalue weighted by molar-refractivity contribution is 7.89. The van der Waals surface area contributed by atoms with Gasteiger partial charge in [0.1, 0.15) is 0 Å². The number of carbonyl (C=O) groups is 1. The molecule has 2 N–H and O–H groups in total. The molecule has 2 aromatic carbocycles. The summed E-state index contributed by atoms with van der Waals surface area (Å²) in [6.45, 7) is 7.23. The smallest absolute Gasteiger partial charge is 0.241 e. The topological polar surface area (TPSA) is 75.3 Å². The van der Waals surface area contributed by atoms with E-state index in [1.807, 2.05) is 45.9 Å². The van der Waals surface area contributed by atoms with E-state index >= 15 is 0 Å². The Morgan fingerprint density at radius 2 is 1.54 bits per heavy atom. The number of anilines is 1. The Balaban J connectivity index is 2.06. The van der Waals surface area contributed by atoms with Crippen LogP contribution in [0.15, 0.2) is 41.3 Å². The van der Waals surface area contributed by atoms with Crippen LogP contribution in [0.5, 0.6) is 0 Å². The van der Waals surface area contributed by atoms with Gasteiger partial charge in [-0.1, -0.05) is 24.3 Å². The van der Waals surface area contributed by atoms with Gasteiger partial charge in [-0.05, 0) is 62.1 Å². The van der Waals surface area contributed by atoms with Gasteiger partial charge in [-0.15, -0.1) is 0 Å². The molecule has 0 radical (unpaired) electrons. The molecule has 0 aliphatic rings. The van der Waals surface area contributed by atoms with Crippen LogP contribution in [0.4, 0.5) is 5.69 Å². The summed E-state index contributed by atoms with van der Waals surface area (Å²) < 4.78 is 26.9. The van der Waals surface area contributed by atoms with Crippen LogP contribution in [0.25, 0.3) is 0 Å². The Morgan fingerprint density at radius 1 is 0.917 bits per heavy atom. The van der Waals surface area contributed by atoms with Crippen molar-refractivity contribution < 1.29 is 13.2 Å². The minimum absolute atomic E-state index is 0.158. The van der Waals surface area contributed by atoms with Gasteiger partial charge in [0.25, 0.3) is 0 Å². The maximum Gasteiger partial charge on any atom is 0.241 e. The second kappa shape index (κ2) is 7.15. The number of hydrogen-bond acceptors (Lipinski definition) is 3. The van der Waals surface area contributed by atoms with E-state index in [1.54, 1.807) is 12.1 Å². The van der Waals surface area contributed by atoms with Gasteiger partial charge in [-0.2, -0.15) is 0 Å². The van der Waals surface area contributed by atoms with Crippen LogP contribution in [0.2, 0.25) is 0 Å². The lowest BCUT2D eigenvalue weighted by molar-refractivity contribution is -0.115. The summed E-state index contributed by atoms with van der Waals surface area (Å²) in [5.41, 5.74) is 4.48. The Labute approximate surface area is 143 Å². The van der Waals surface area contributed by atoms with Crippen LogP contribution in [0.1, 0.15) is 22.3 Å². The van der Waals surface area contributed by atoms with Crippen molar-refractivity contribution in [2.75, 3.05) is 11.9 Å². The van der Waals surface area contributed by atoms with E-state index in [-0.39, 0.29) is 11.4 Å².